The van der Waals surface area contributed by atoms with E-state index in [-0.39, 0.29) is 12.5 Å². The van der Waals surface area contributed by atoms with E-state index < -0.39 is 0 Å². The summed E-state index contributed by atoms with van der Waals surface area (Å²) in [6.45, 7) is 6.25. The summed E-state index contributed by atoms with van der Waals surface area (Å²) < 4.78 is 11.4. The van der Waals surface area contributed by atoms with Crippen LogP contribution in [0.4, 0.5) is 5.69 Å². The van der Waals surface area contributed by atoms with E-state index in [1.165, 1.54) is 11.1 Å². The highest BCUT2D eigenvalue weighted by molar-refractivity contribution is 5.94. The molecule has 0 aliphatic rings. The molecule has 0 saturated heterocycles. The van der Waals surface area contributed by atoms with Crippen LogP contribution < -0.4 is 10.1 Å². The highest BCUT2D eigenvalue weighted by atomic mass is 16.5. The van der Waals surface area contributed by atoms with Gasteiger partial charge in [-0.25, -0.2) is 4.98 Å². The number of hydrogen-bond donors (Lipinski definition) is 1. The average Bonchev–Trinajstić information content (AvgIpc) is 3.16. The fourth-order valence-electron chi connectivity index (χ4n) is 3.12. The molecule has 0 aliphatic heterocycles. The third-order valence-corrected chi connectivity index (χ3v) is 4.89. The van der Waals surface area contributed by atoms with Crippen LogP contribution in [0.1, 0.15) is 30.9 Å². The molecule has 1 N–H and O–H groups in total. The standard InChI is InChI=1S/C25H24N2O3/c1-16(2)18-8-11-21(12-9-18)29-15-24(28)26-20-10-13-23-22(14-20)27-25(30-23)19-6-4-17(3)5-7-19/h4-14,16H,15H2,1-3H3,(H,26,28). The van der Waals surface area contributed by atoms with Crippen molar-refractivity contribution in [3.05, 3.63) is 77.9 Å². The SMILES string of the molecule is Cc1ccc(-c2nc3cc(NC(=O)COc4ccc(C(C)C)cc4)ccc3o2)cc1. The molecule has 1 aromatic heterocycles. The Morgan fingerprint density at radius 1 is 1.03 bits per heavy atom. The Morgan fingerprint density at radius 2 is 1.77 bits per heavy atom. The number of aryl methyl sites for hydroxylation is 1. The zero-order valence-corrected chi connectivity index (χ0v) is 17.3. The molecule has 4 aromatic rings. The maximum Gasteiger partial charge on any atom is 0.262 e. The molecule has 0 unspecified atom stereocenters. The Hall–Kier alpha value is -3.60. The predicted molar refractivity (Wildman–Crippen MR) is 119 cm³/mol. The van der Waals surface area contributed by atoms with E-state index in [1.807, 2.05) is 55.5 Å². The number of anilines is 1. The zero-order chi connectivity index (χ0) is 21.1. The number of carbonyl (C=O) groups excluding carboxylic acids is 1. The fraction of sp³-hybridized carbons (Fsp3) is 0.200. The van der Waals surface area contributed by atoms with E-state index in [9.17, 15) is 4.79 Å². The van der Waals surface area contributed by atoms with Crippen LogP contribution in [0.15, 0.2) is 71.1 Å². The van der Waals surface area contributed by atoms with Gasteiger partial charge in [-0.2, -0.15) is 0 Å². The van der Waals surface area contributed by atoms with Crippen LogP contribution in [0.25, 0.3) is 22.6 Å². The number of hydrogen-bond acceptors (Lipinski definition) is 4. The van der Waals surface area contributed by atoms with Crippen molar-refractivity contribution < 1.29 is 13.9 Å². The summed E-state index contributed by atoms with van der Waals surface area (Å²) in [5.41, 5.74) is 5.34. The van der Waals surface area contributed by atoms with Gasteiger partial charge in [0.15, 0.2) is 12.2 Å². The molecular formula is C25H24N2O3. The van der Waals surface area contributed by atoms with Gasteiger partial charge in [0.05, 0.1) is 0 Å². The van der Waals surface area contributed by atoms with Gasteiger partial charge in [0, 0.05) is 11.3 Å². The van der Waals surface area contributed by atoms with Gasteiger partial charge in [0.2, 0.25) is 5.89 Å². The number of nitrogens with one attached hydrogen (secondary N) is 1. The van der Waals surface area contributed by atoms with Crippen molar-refractivity contribution in [2.24, 2.45) is 0 Å². The Bertz CT molecular complexity index is 1160. The number of amides is 1. The number of fused-ring (bicyclic) bond motifs is 1. The van der Waals surface area contributed by atoms with Crippen molar-refractivity contribution in [3.8, 4) is 17.2 Å². The van der Waals surface area contributed by atoms with Gasteiger partial charge in [0.25, 0.3) is 5.91 Å². The van der Waals surface area contributed by atoms with Gasteiger partial charge in [-0.1, -0.05) is 43.7 Å². The lowest BCUT2D eigenvalue weighted by Gasteiger charge is -2.09. The lowest BCUT2D eigenvalue weighted by atomic mass is 10.0. The van der Waals surface area contributed by atoms with E-state index in [1.54, 1.807) is 18.2 Å². The molecular weight excluding hydrogens is 376 g/mol. The second kappa shape index (κ2) is 8.41. The monoisotopic (exact) mass is 400 g/mol. The molecule has 5 nitrogen and oxygen atoms in total. The van der Waals surface area contributed by atoms with Crippen LogP contribution in [0.2, 0.25) is 0 Å². The van der Waals surface area contributed by atoms with Crippen molar-refractivity contribution in [2.75, 3.05) is 11.9 Å². The zero-order valence-electron chi connectivity index (χ0n) is 17.3. The van der Waals surface area contributed by atoms with Crippen molar-refractivity contribution in [1.29, 1.82) is 0 Å². The number of carbonyl (C=O) groups is 1. The van der Waals surface area contributed by atoms with Gasteiger partial charge in [-0.3, -0.25) is 4.79 Å². The molecule has 3 aromatic carbocycles. The summed E-state index contributed by atoms with van der Waals surface area (Å²) in [5, 5.41) is 2.84. The molecule has 0 bridgehead atoms. The van der Waals surface area contributed by atoms with E-state index >= 15 is 0 Å². The molecule has 4 rings (SSSR count). The number of nitrogens with zero attached hydrogens (tertiary/aromatic N) is 1. The van der Waals surface area contributed by atoms with Crippen LogP contribution in [-0.2, 0) is 4.79 Å². The summed E-state index contributed by atoms with van der Waals surface area (Å²) in [6, 6.07) is 21.2. The molecule has 0 radical (unpaired) electrons. The first-order valence-corrected chi connectivity index (χ1v) is 9.98. The van der Waals surface area contributed by atoms with Gasteiger partial charge in [0.1, 0.15) is 11.3 Å². The molecule has 152 valence electrons. The molecule has 0 aliphatic carbocycles. The topological polar surface area (TPSA) is 64.4 Å². The van der Waals surface area contributed by atoms with Crippen LogP contribution >= 0.6 is 0 Å². The maximum atomic E-state index is 12.3. The van der Waals surface area contributed by atoms with E-state index in [0.717, 1.165) is 5.56 Å². The minimum atomic E-state index is -0.232. The molecule has 30 heavy (non-hydrogen) atoms. The van der Waals surface area contributed by atoms with Crippen molar-refractivity contribution in [1.82, 2.24) is 4.98 Å². The molecule has 1 amide bonds. The van der Waals surface area contributed by atoms with Crippen molar-refractivity contribution in [3.63, 3.8) is 0 Å². The smallest absolute Gasteiger partial charge is 0.262 e. The lowest BCUT2D eigenvalue weighted by molar-refractivity contribution is -0.118. The Balaban J connectivity index is 1.40. The molecule has 0 spiro atoms. The molecule has 5 heteroatoms. The van der Waals surface area contributed by atoms with Crippen LogP contribution in [-0.4, -0.2) is 17.5 Å². The van der Waals surface area contributed by atoms with Crippen molar-refractivity contribution >= 4 is 22.7 Å². The van der Waals surface area contributed by atoms with Crippen LogP contribution in [0.5, 0.6) is 5.75 Å². The number of benzene rings is 3. The Labute approximate surface area is 175 Å². The predicted octanol–water partition coefficient (Wildman–Crippen LogP) is 5.94. The maximum absolute atomic E-state index is 12.3. The van der Waals surface area contributed by atoms with Gasteiger partial charge in [-0.05, 0) is 60.9 Å². The van der Waals surface area contributed by atoms with Crippen LogP contribution in [0.3, 0.4) is 0 Å². The molecule has 0 fully saturated rings. The Kier molecular flexibility index (Phi) is 5.53. The third-order valence-electron chi connectivity index (χ3n) is 4.89. The van der Waals surface area contributed by atoms with E-state index in [4.69, 9.17) is 9.15 Å². The Morgan fingerprint density at radius 3 is 2.47 bits per heavy atom. The normalized spacial score (nSPS) is 11.1. The first-order valence-electron chi connectivity index (χ1n) is 9.98. The summed E-state index contributed by atoms with van der Waals surface area (Å²) in [4.78, 5) is 16.8. The van der Waals surface area contributed by atoms with Crippen LogP contribution in [0, 0.1) is 6.92 Å². The van der Waals surface area contributed by atoms with Crippen molar-refractivity contribution in [2.45, 2.75) is 26.7 Å². The third kappa shape index (κ3) is 4.51. The fourth-order valence-corrected chi connectivity index (χ4v) is 3.12. The summed E-state index contributed by atoms with van der Waals surface area (Å²) in [6.07, 6.45) is 0. The molecule has 1 heterocycles. The van der Waals surface area contributed by atoms with E-state index in [0.29, 0.717) is 34.3 Å². The average molecular weight is 400 g/mol. The van der Waals surface area contributed by atoms with E-state index in [2.05, 4.69) is 24.1 Å². The second-order valence-corrected chi connectivity index (χ2v) is 7.63. The van der Waals surface area contributed by atoms with Gasteiger partial charge < -0.3 is 14.5 Å². The number of rotatable bonds is 6. The van der Waals surface area contributed by atoms with Gasteiger partial charge >= 0.3 is 0 Å². The quantitative estimate of drug-likeness (QED) is 0.435. The highest BCUT2D eigenvalue weighted by Crippen LogP contribution is 2.26. The largest absolute Gasteiger partial charge is 0.484 e. The number of aromatic nitrogens is 1. The summed E-state index contributed by atoms with van der Waals surface area (Å²) >= 11 is 0. The number of oxazole rings is 1. The summed E-state index contributed by atoms with van der Waals surface area (Å²) in [7, 11) is 0. The first-order chi connectivity index (χ1) is 14.5. The molecule has 0 saturated carbocycles. The highest BCUT2D eigenvalue weighted by Gasteiger charge is 2.10. The minimum absolute atomic E-state index is 0.0630. The molecule has 0 atom stereocenters. The first kappa shape index (κ1) is 19.7. The number of ether oxygens (including phenoxy) is 1. The van der Waals surface area contributed by atoms with Gasteiger partial charge in [-0.15, -0.1) is 0 Å². The summed E-state index contributed by atoms with van der Waals surface area (Å²) in [5.74, 6) is 1.45. The minimum Gasteiger partial charge on any atom is -0.484 e. The lowest BCUT2D eigenvalue weighted by Crippen LogP contribution is -2.20. The second-order valence-electron chi connectivity index (χ2n) is 7.63.